The molecule has 108 valence electrons. The first-order chi connectivity index (χ1) is 9.67. The van der Waals surface area contributed by atoms with Crippen LogP contribution in [-0.2, 0) is 17.6 Å². The molecule has 0 amide bonds. The average Bonchev–Trinajstić information content (AvgIpc) is 2.89. The fourth-order valence-corrected chi connectivity index (χ4v) is 2.50. The predicted octanol–water partition coefficient (Wildman–Crippen LogP) is 1.91. The summed E-state index contributed by atoms with van der Waals surface area (Å²) >= 11 is 0. The van der Waals surface area contributed by atoms with Crippen LogP contribution in [0.15, 0.2) is 18.7 Å². The first-order valence-electron chi connectivity index (χ1n) is 6.78. The summed E-state index contributed by atoms with van der Waals surface area (Å²) in [7, 11) is 1.63. The molecule has 0 bridgehead atoms. The predicted molar refractivity (Wildman–Crippen MR) is 77.5 cm³/mol. The number of aromatic carboxylic acids is 1. The Morgan fingerprint density at radius 2 is 2.40 bits per heavy atom. The molecular weight excluding hydrogens is 256 g/mol. The molecule has 20 heavy (non-hydrogen) atoms. The van der Waals surface area contributed by atoms with Crippen molar-refractivity contribution in [1.29, 1.82) is 0 Å². The van der Waals surface area contributed by atoms with E-state index < -0.39 is 5.97 Å². The Labute approximate surface area is 118 Å². The molecule has 0 radical (unpaired) electrons. The largest absolute Gasteiger partial charge is 0.478 e. The lowest BCUT2D eigenvalue weighted by atomic mass is 10.1. The van der Waals surface area contributed by atoms with Crippen LogP contribution in [-0.4, -0.2) is 42.9 Å². The minimum Gasteiger partial charge on any atom is -0.478 e. The van der Waals surface area contributed by atoms with Crippen molar-refractivity contribution < 1.29 is 14.6 Å². The molecule has 0 fully saturated rings. The van der Waals surface area contributed by atoms with E-state index in [0.717, 1.165) is 30.5 Å². The second-order valence-corrected chi connectivity index (χ2v) is 4.85. The molecular formula is C15H20N2O3. The number of rotatable bonds is 7. The number of anilines is 1. The van der Waals surface area contributed by atoms with Gasteiger partial charge in [-0.3, -0.25) is 0 Å². The summed E-state index contributed by atoms with van der Waals surface area (Å²) in [6.07, 6.45) is 4.64. The van der Waals surface area contributed by atoms with Crippen molar-refractivity contribution in [2.24, 2.45) is 0 Å². The van der Waals surface area contributed by atoms with E-state index >= 15 is 0 Å². The van der Waals surface area contributed by atoms with Gasteiger partial charge in [0.2, 0.25) is 0 Å². The zero-order valence-electron chi connectivity index (χ0n) is 11.8. The van der Waals surface area contributed by atoms with Gasteiger partial charge in [-0.1, -0.05) is 6.08 Å². The van der Waals surface area contributed by atoms with Gasteiger partial charge in [0.1, 0.15) is 11.4 Å². The molecule has 0 unspecified atom stereocenters. The molecule has 0 spiro atoms. The number of carbonyl (C=O) groups is 1. The lowest BCUT2D eigenvalue weighted by Crippen LogP contribution is -2.30. The molecule has 0 saturated heterocycles. The van der Waals surface area contributed by atoms with Gasteiger partial charge in [0.05, 0.1) is 6.61 Å². The highest BCUT2D eigenvalue weighted by Gasteiger charge is 2.22. The number of methoxy groups -OCH3 is 1. The zero-order chi connectivity index (χ0) is 14.5. The van der Waals surface area contributed by atoms with Crippen LogP contribution in [0, 0.1) is 0 Å². The minimum absolute atomic E-state index is 0.267. The first kappa shape index (κ1) is 14.5. The van der Waals surface area contributed by atoms with Crippen LogP contribution in [0.5, 0.6) is 0 Å². The van der Waals surface area contributed by atoms with Crippen LogP contribution in [0.3, 0.4) is 0 Å². The molecule has 2 rings (SSSR count). The lowest BCUT2D eigenvalue weighted by molar-refractivity contribution is 0.0697. The number of pyridine rings is 1. The maximum absolute atomic E-state index is 11.5. The van der Waals surface area contributed by atoms with E-state index in [2.05, 4.69) is 11.6 Å². The normalized spacial score (nSPS) is 13.1. The highest BCUT2D eigenvalue weighted by atomic mass is 16.5. The number of fused-ring (bicyclic) bond motifs is 1. The molecule has 1 aromatic rings. The quantitative estimate of drug-likeness (QED) is 0.771. The summed E-state index contributed by atoms with van der Waals surface area (Å²) in [5.74, 6) is -0.413. The minimum atomic E-state index is -0.936. The summed E-state index contributed by atoms with van der Waals surface area (Å²) in [4.78, 5) is 18.0. The maximum atomic E-state index is 11.5. The second kappa shape index (κ2) is 6.52. The monoisotopic (exact) mass is 276 g/mol. The summed E-state index contributed by atoms with van der Waals surface area (Å²) in [5.41, 5.74) is 2.36. The molecule has 1 aliphatic rings. The summed E-state index contributed by atoms with van der Waals surface area (Å²) in [6.45, 7) is 5.39. The molecule has 1 aliphatic carbocycles. The van der Waals surface area contributed by atoms with E-state index in [1.807, 2.05) is 4.90 Å². The third-order valence-electron chi connectivity index (χ3n) is 3.48. The van der Waals surface area contributed by atoms with Gasteiger partial charge in [0, 0.05) is 25.9 Å². The first-order valence-corrected chi connectivity index (χ1v) is 6.78. The highest BCUT2D eigenvalue weighted by molar-refractivity contribution is 5.93. The number of hydrogen-bond donors (Lipinski definition) is 1. The Morgan fingerprint density at radius 1 is 1.60 bits per heavy atom. The zero-order valence-corrected chi connectivity index (χ0v) is 11.8. The lowest BCUT2D eigenvalue weighted by Gasteiger charge is -2.24. The van der Waals surface area contributed by atoms with Crippen LogP contribution in [0.2, 0.25) is 0 Å². The van der Waals surface area contributed by atoms with Gasteiger partial charge in [-0.2, -0.15) is 0 Å². The number of carboxylic acids is 1. The molecule has 0 aromatic carbocycles. The summed E-state index contributed by atoms with van der Waals surface area (Å²) < 4.78 is 5.08. The van der Waals surface area contributed by atoms with E-state index in [-0.39, 0.29) is 5.56 Å². The highest BCUT2D eigenvalue weighted by Crippen LogP contribution is 2.27. The number of carboxylic acid groups (broad SMARTS) is 1. The number of aryl methyl sites for hydroxylation is 2. The molecule has 0 atom stereocenters. The van der Waals surface area contributed by atoms with Gasteiger partial charge < -0.3 is 14.7 Å². The second-order valence-electron chi connectivity index (χ2n) is 4.85. The van der Waals surface area contributed by atoms with Gasteiger partial charge in [-0.25, -0.2) is 9.78 Å². The van der Waals surface area contributed by atoms with Crippen LogP contribution in [0.1, 0.15) is 28.0 Å². The fraction of sp³-hybridized carbons (Fsp3) is 0.467. The van der Waals surface area contributed by atoms with Crippen molar-refractivity contribution in [3.8, 4) is 0 Å². The van der Waals surface area contributed by atoms with Crippen molar-refractivity contribution in [3.63, 3.8) is 0 Å². The Bertz CT molecular complexity index is 514. The standard InChI is InChI=1S/C15H20N2O3/c1-3-7-17(8-9-20-2)14-12(15(18)19)10-11-5-4-6-13(11)16-14/h3,10H,1,4-9H2,2H3,(H,18,19). The van der Waals surface area contributed by atoms with Gasteiger partial charge in [0.15, 0.2) is 0 Å². The molecule has 0 saturated carbocycles. The Balaban J connectivity index is 2.40. The average molecular weight is 276 g/mol. The van der Waals surface area contributed by atoms with E-state index in [9.17, 15) is 9.90 Å². The molecule has 5 nitrogen and oxygen atoms in total. The van der Waals surface area contributed by atoms with Crippen LogP contribution >= 0.6 is 0 Å². The Hall–Kier alpha value is -1.88. The van der Waals surface area contributed by atoms with Crippen molar-refractivity contribution in [2.45, 2.75) is 19.3 Å². The van der Waals surface area contributed by atoms with Crippen LogP contribution in [0.4, 0.5) is 5.82 Å². The van der Waals surface area contributed by atoms with E-state index in [0.29, 0.717) is 25.5 Å². The van der Waals surface area contributed by atoms with E-state index in [1.165, 1.54) is 0 Å². The number of nitrogens with zero attached hydrogens (tertiary/aromatic N) is 2. The third-order valence-corrected chi connectivity index (χ3v) is 3.48. The molecule has 1 heterocycles. The van der Waals surface area contributed by atoms with E-state index in [1.54, 1.807) is 19.3 Å². The summed E-state index contributed by atoms with van der Waals surface area (Å²) in [6, 6.07) is 1.77. The van der Waals surface area contributed by atoms with Gasteiger partial charge >= 0.3 is 5.97 Å². The topological polar surface area (TPSA) is 62.7 Å². The number of ether oxygens (including phenoxy) is 1. The Morgan fingerprint density at radius 3 is 3.05 bits per heavy atom. The van der Waals surface area contributed by atoms with Crippen LogP contribution in [0.25, 0.3) is 0 Å². The maximum Gasteiger partial charge on any atom is 0.339 e. The smallest absolute Gasteiger partial charge is 0.339 e. The van der Waals surface area contributed by atoms with Gasteiger partial charge in [0.25, 0.3) is 0 Å². The van der Waals surface area contributed by atoms with Crippen molar-refractivity contribution >= 4 is 11.8 Å². The third kappa shape index (κ3) is 2.99. The molecule has 1 aromatic heterocycles. The van der Waals surface area contributed by atoms with Crippen molar-refractivity contribution in [1.82, 2.24) is 4.98 Å². The van der Waals surface area contributed by atoms with Crippen molar-refractivity contribution in [2.75, 3.05) is 31.7 Å². The van der Waals surface area contributed by atoms with E-state index in [4.69, 9.17) is 4.74 Å². The Kier molecular flexibility index (Phi) is 4.74. The molecule has 0 aliphatic heterocycles. The fourth-order valence-electron chi connectivity index (χ4n) is 2.50. The molecule has 1 N–H and O–H groups in total. The van der Waals surface area contributed by atoms with Crippen molar-refractivity contribution in [3.05, 3.63) is 35.5 Å². The molecule has 5 heteroatoms. The van der Waals surface area contributed by atoms with Gasteiger partial charge in [-0.15, -0.1) is 6.58 Å². The van der Waals surface area contributed by atoms with Crippen LogP contribution < -0.4 is 4.90 Å². The number of aromatic nitrogens is 1. The SMILES string of the molecule is C=CCN(CCOC)c1nc2c(cc1C(=O)O)CCC2. The van der Waals surface area contributed by atoms with Gasteiger partial charge in [-0.05, 0) is 30.9 Å². The number of hydrogen-bond acceptors (Lipinski definition) is 4. The summed E-state index contributed by atoms with van der Waals surface area (Å²) in [5, 5.41) is 9.42.